The highest BCUT2D eigenvalue weighted by Gasteiger charge is 2.14. The first kappa shape index (κ1) is 12.5. The Hall–Kier alpha value is -1.96. The summed E-state index contributed by atoms with van der Waals surface area (Å²) in [5.41, 5.74) is 3.89. The minimum atomic E-state index is -0.381. The highest BCUT2D eigenvalue weighted by molar-refractivity contribution is 6.10. The fourth-order valence-electron chi connectivity index (χ4n) is 2.05. The molecule has 0 unspecified atom stereocenters. The Morgan fingerprint density at radius 1 is 0.889 bits per heavy atom. The SMILES string of the molecule is Cc1ccc(C(=O)c2cc(F)ccc2C)c(C)c1. The number of ketones is 1. The molecular formula is C16H15FO. The lowest BCUT2D eigenvalue weighted by Crippen LogP contribution is -2.06. The molecule has 0 amide bonds. The van der Waals surface area contributed by atoms with Crippen molar-refractivity contribution >= 4 is 5.78 Å². The Morgan fingerprint density at radius 3 is 2.28 bits per heavy atom. The van der Waals surface area contributed by atoms with Crippen LogP contribution >= 0.6 is 0 Å². The zero-order valence-electron chi connectivity index (χ0n) is 10.8. The number of carbonyl (C=O) groups is 1. The minimum absolute atomic E-state index is 0.121. The predicted molar refractivity (Wildman–Crippen MR) is 70.5 cm³/mol. The van der Waals surface area contributed by atoms with Gasteiger partial charge in [-0.05, 0) is 44.0 Å². The summed E-state index contributed by atoms with van der Waals surface area (Å²) in [5.74, 6) is -0.502. The molecule has 18 heavy (non-hydrogen) atoms. The Kier molecular flexibility index (Phi) is 3.28. The molecule has 0 fully saturated rings. The molecule has 0 aliphatic heterocycles. The molecule has 0 spiro atoms. The maximum Gasteiger partial charge on any atom is 0.193 e. The summed E-state index contributed by atoms with van der Waals surface area (Å²) in [4.78, 5) is 12.4. The number of halogens is 1. The maximum atomic E-state index is 13.2. The van der Waals surface area contributed by atoms with Gasteiger partial charge in [0.15, 0.2) is 5.78 Å². The Balaban J connectivity index is 2.51. The van der Waals surface area contributed by atoms with Crippen LogP contribution in [0.2, 0.25) is 0 Å². The quantitative estimate of drug-likeness (QED) is 0.728. The normalized spacial score (nSPS) is 10.4. The van der Waals surface area contributed by atoms with Gasteiger partial charge in [0.25, 0.3) is 0 Å². The third kappa shape index (κ3) is 2.33. The lowest BCUT2D eigenvalue weighted by atomic mass is 9.95. The number of hydrogen-bond donors (Lipinski definition) is 0. The van der Waals surface area contributed by atoms with E-state index in [1.165, 1.54) is 12.1 Å². The molecule has 0 N–H and O–H groups in total. The Bertz CT molecular complexity index is 614. The largest absolute Gasteiger partial charge is 0.289 e. The van der Waals surface area contributed by atoms with E-state index < -0.39 is 0 Å². The van der Waals surface area contributed by atoms with E-state index in [2.05, 4.69) is 0 Å². The summed E-state index contributed by atoms with van der Waals surface area (Å²) in [7, 11) is 0. The van der Waals surface area contributed by atoms with Crippen molar-refractivity contribution < 1.29 is 9.18 Å². The van der Waals surface area contributed by atoms with Crippen LogP contribution in [-0.4, -0.2) is 5.78 Å². The van der Waals surface area contributed by atoms with E-state index in [1.807, 2.05) is 32.9 Å². The zero-order valence-corrected chi connectivity index (χ0v) is 10.8. The van der Waals surface area contributed by atoms with E-state index >= 15 is 0 Å². The van der Waals surface area contributed by atoms with Gasteiger partial charge in [0.1, 0.15) is 5.82 Å². The molecule has 0 aromatic heterocycles. The molecule has 1 nitrogen and oxygen atoms in total. The lowest BCUT2D eigenvalue weighted by Gasteiger charge is -2.08. The fraction of sp³-hybridized carbons (Fsp3) is 0.188. The van der Waals surface area contributed by atoms with Crippen LogP contribution in [0.4, 0.5) is 4.39 Å². The third-order valence-electron chi connectivity index (χ3n) is 3.07. The van der Waals surface area contributed by atoms with Crippen LogP contribution in [0.25, 0.3) is 0 Å². The Labute approximate surface area is 106 Å². The maximum absolute atomic E-state index is 13.2. The number of hydrogen-bond acceptors (Lipinski definition) is 1. The van der Waals surface area contributed by atoms with Crippen molar-refractivity contribution in [1.29, 1.82) is 0 Å². The molecule has 2 heteroatoms. The molecule has 0 heterocycles. The summed E-state index contributed by atoms with van der Waals surface area (Å²) in [5, 5.41) is 0. The molecule has 0 aliphatic rings. The first-order valence-corrected chi connectivity index (χ1v) is 5.87. The van der Waals surface area contributed by atoms with E-state index in [9.17, 15) is 9.18 Å². The molecule has 0 aliphatic carbocycles. The van der Waals surface area contributed by atoms with Gasteiger partial charge < -0.3 is 0 Å². The van der Waals surface area contributed by atoms with Crippen LogP contribution in [0.1, 0.15) is 32.6 Å². The number of rotatable bonds is 2. The number of benzene rings is 2. The number of aryl methyl sites for hydroxylation is 3. The lowest BCUT2D eigenvalue weighted by molar-refractivity contribution is 0.103. The molecule has 0 atom stereocenters. The van der Waals surface area contributed by atoms with E-state index in [-0.39, 0.29) is 11.6 Å². The van der Waals surface area contributed by atoms with Gasteiger partial charge >= 0.3 is 0 Å². The van der Waals surface area contributed by atoms with Crippen molar-refractivity contribution in [2.45, 2.75) is 20.8 Å². The van der Waals surface area contributed by atoms with Gasteiger partial charge in [0.05, 0.1) is 0 Å². The molecule has 2 aromatic rings. The van der Waals surface area contributed by atoms with Crippen LogP contribution in [0.3, 0.4) is 0 Å². The zero-order chi connectivity index (χ0) is 13.3. The average molecular weight is 242 g/mol. The average Bonchev–Trinajstić information content (AvgIpc) is 2.31. The van der Waals surface area contributed by atoms with Crippen molar-refractivity contribution in [3.63, 3.8) is 0 Å². The van der Waals surface area contributed by atoms with E-state index in [0.29, 0.717) is 11.1 Å². The van der Waals surface area contributed by atoms with E-state index in [1.54, 1.807) is 12.1 Å². The van der Waals surface area contributed by atoms with Gasteiger partial charge in [-0.1, -0.05) is 29.8 Å². The highest BCUT2D eigenvalue weighted by Crippen LogP contribution is 2.19. The standard InChI is InChI=1S/C16H15FO/c1-10-4-7-14(12(3)8-10)16(18)15-9-13(17)6-5-11(15)2/h4-9H,1-3H3. The van der Waals surface area contributed by atoms with Crippen LogP contribution in [0.5, 0.6) is 0 Å². The van der Waals surface area contributed by atoms with Gasteiger partial charge in [0, 0.05) is 11.1 Å². The van der Waals surface area contributed by atoms with Crippen molar-refractivity contribution in [2.24, 2.45) is 0 Å². The molecule has 2 rings (SSSR count). The summed E-state index contributed by atoms with van der Waals surface area (Å²) in [6.45, 7) is 5.69. The van der Waals surface area contributed by atoms with Gasteiger partial charge in [-0.25, -0.2) is 4.39 Å². The summed E-state index contributed by atoms with van der Waals surface area (Å²) in [6, 6.07) is 9.96. The van der Waals surface area contributed by atoms with Gasteiger partial charge in [-0.3, -0.25) is 4.79 Å². The third-order valence-corrected chi connectivity index (χ3v) is 3.07. The molecule has 0 saturated carbocycles. The number of carbonyl (C=O) groups excluding carboxylic acids is 1. The van der Waals surface area contributed by atoms with Gasteiger partial charge in [-0.2, -0.15) is 0 Å². The summed E-state index contributed by atoms with van der Waals surface area (Å²) in [6.07, 6.45) is 0. The molecule has 92 valence electrons. The van der Waals surface area contributed by atoms with Gasteiger partial charge in [-0.15, -0.1) is 0 Å². The molecule has 2 aromatic carbocycles. The first-order valence-electron chi connectivity index (χ1n) is 5.87. The summed E-state index contributed by atoms with van der Waals surface area (Å²) >= 11 is 0. The predicted octanol–water partition coefficient (Wildman–Crippen LogP) is 3.98. The van der Waals surface area contributed by atoms with Crippen molar-refractivity contribution in [3.8, 4) is 0 Å². The fourth-order valence-corrected chi connectivity index (χ4v) is 2.05. The van der Waals surface area contributed by atoms with Crippen molar-refractivity contribution in [3.05, 3.63) is 70.0 Å². The van der Waals surface area contributed by atoms with Crippen molar-refractivity contribution in [2.75, 3.05) is 0 Å². The topological polar surface area (TPSA) is 17.1 Å². The van der Waals surface area contributed by atoms with E-state index in [4.69, 9.17) is 0 Å². The van der Waals surface area contributed by atoms with Crippen LogP contribution in [0, 0.1) is 26.6 Å². The Morgan fingerprint density at radius 2 is 1.61 bits per heavy atom. The van der Waals surface area contributed by atoms with Crippen molar-refractivity contribution in [1.82, 2.24) is 0 Å². The summed E-state index contributed by atoms with van der Waals surface area (Å²) < 4.78 is 13.2. The minimum Gasteiger partial charge on any atom is -0.289 e. The van der Waals surface area contributed by atoms with Crippen LogP contribution in [0.15, 0.2) is 36.4 Å². The monoisotopic (exact) mass is 242 g/mol. The van der Waals surface area contributed by atoms with Crippen LogP contribution in [-0.2, 0) is 0 Å². The second-order valence-corrected chi connectivity index (χ2v) is 4.61. The van der Waals surface area contributed by atoms with Crippen LogP contribution < -0.4 is 0 Å². The van der Waals surface area contributed by atoms with E-state index in [0.717, 1.165) is 16.7 Å². The second-order valence-electron chi connectivity index (χ2n) is 4.61. The molecule has 0 bridgehead atoms. The molecule has 0 saturated heterocycles. The molecule has 0 radical (unpaired) electrons. The second kappa shape index (κ2) is 4.73. The first-order chi connectivity index (χ1) is 8.49. The van der Waals surface area contributed by atoms with Gasteiger partial charge in [0.2, 0.25) is 0 Å². The smallest absolute Gasteiger partial charge is 0.193 e. The highest BCUT2D eigenvalue weighted by atomic mass is 19.1. The molecular weight excluding hydrogens is 227 g/mol.